The largest absolute Gasteiger partial charge is 0.380 e. The molecule has 1 heterocycles. The van der Waals surface area contributed by atoms with Crippen molar-refractivity contribution in [3.63, 3.8) is 0 Å². The van der Waals surface area contributed by atoms with E-state index in [1.807, 2.05) is 0 Å². The van der Waals surface area contributed by atoms with E-state index in [1.165, 1.54) is 25.9 Å². The Bertz CT molecular complexity index is 132. The second-order valence-electron chi connectivity index (χ2n) is 3.63. The lowest BCUT2D eigenvalue weighted by molar-refractivity contribution is 0.120. The molecule has 2 nitrogen and oxygen atoms in total. The van der Waals surface area contributed by atoms with E-state index in [0.29, 0.717) is 0 Å². The van der Waals surface area contributed by atoms with Crippen molar-refractivity contribution in [2.24, 2.45) is 5.92 Å². The number of nitrogens with zero attached hydrogens (tertiary/aromatic N) is 1. The van der Waals surface area contributed by atoms with Crippen LogP contribution in [-0.2, 0) is 4.74 Å². The first-order chi connectivity index (χ1) is 6.36. The Balaban J connectivity index is 2.03. The van der Waals surface area contributed by atoms with Crippen LogP contribution in [0, 0.1) is 5.92 Å². The van der Waals surface area contributed by atoms with Crippen LogP contribution in [0.5, 0.6) is 0 Å². The lowest BCUT2D eigenvalue weighted by Gasteiger charge is -2.15. The van der Waals surface area contributed by atoms with Gasteiger partial charge in [0.05, 0.1) is 6.61 Å². The number of hydrogen-bond acceptors (Lipinski definition) is 2. The van der Waals surface area contributed by atoms with Gasteiger partial charge in [-0.15, -0.1) is 0 Å². The van der Waals surface area contributed by atoms with E-state index in [-0.39, 0.29) is 0 Å². The summed E-state index contributed by atoms with van der Waals surface area (Å²) in [6.45, 7) is 7.46. The van der Waals surface area contributed by atoms with Crippen molar-refractivity contribution in [2.45, 2.75) is 19.8 Å². The predicted molar refractivity (Wildman–Crippen MR) is 59.5 cm³/mol. The lowest BCUT2D eigenvalue weighted by atomic mass is 10.1. The fraction of sp³-hybridized carbons (Fsp3) is 1.00. The van der Waals surface area contributed by atoms with Gasteiger partial charge < -0.3 is 9.64 Å². The van der Waals surface area contributed by atoms with Crippen LogP contribution in [0.1, 0.15) is 19.8 Å². The Labute approximate surface area is 89.8 Å². The Morgan fingerprint density at radius 1 is 1.54 bits per heavy atom. The molecule has 0 N–H and O–H groups in total. The number of hydrogen-bond donors (Lipinski definition) is 0. The molecule has 1 atom stereocenters. The molecular formula is C10H20BrNO. The Kier molecular flexibility index (Phi) is 6.00. The van der Waals surface area contributed by atoms with Crippen molar-refractivity contribution < 1.29 is 4.74 Å². The molecule has 1 unspecified atom stereocenters. The highest BCUT2D eigenvalue weighted by Gasteiger charge is 2.20. The van der Waals surface area contributed by atoms with E-state index in [0.717, 1.165) is 31.0 Å². The van der Waals surface area contributed by atoms with Crippen molar-refractivity contribution in [1.29, 1.82) is 0 Å². The maximum Gasteiger partial charge on any atom is 0.0593 e. The summed E-state index contributed by atoms with van der Waals surface area (Å²) in [5.41, 5.74) is 0. The number of ether oxygens (including phenoxy) is 1. The molecule has 0 aromatic rings. The van der Waals surface area contributed by atoms with Gasteiger partial charge in [0.15, 0.2) is 0 Å². The monoisotopic (exact) mass is 249 g/mol. The standard InChI is InChI=1S/C10H20BrNO/c1-2-13-8-7-12-6-4-10(9-12)3-5-11/h10H,2-9H2,1H3. The molecule has 13 heavy (non-hydrogen) atoms. The average molecular weight is 250 g/mol. The Hall–Kier alpha value is 0.400. The first-order valence-corrected chi connectivity index (χ1v) is 6.35. The molecule has 3 heteroatoms. The topological polar surface area (TPSA) is 12.5 Å². The van der Waals surface area contributed by atoms with Crippen LogP contribution in [0.15, 0.2) is 0 Å². The Morgan fingerprint density at radius 3 is 3.08 bits per heavy atom. The molecule has 0 amide bonds. The van der Waals surface area contributed by atoms with Crippen LogP contribution < -0.4 is 0 Å². The van der Waals surface area contributed by atoms with Crippen LogP contribution >= 0.6 is 15.9 Å². The van der Waals surface area contributed by atoms with E-state index in [2.05, 4.69) is 27.8 Å². The molecule has 1 rings (SSSR count). The van der Waals surface area contributed by atoms with Crippen LogP contribution in [0.25, 0.3) is 0 Å². The minimum absolute atomic E-state index is 0.846. The number of halogens is 1. The summed E-state index contributed by atoms with van der Waals surface area (Å²) in [5, 5.41) is 1.15. The molecule has 1 aliphatic heterocycles. The molecule has 0 aromatic heterocycles. The molecule has 0 aliphatic carbocycles. The van der Waals surface area contributed by atoms with Crippen molar-refractivity contribution in [2.75, 3.05) is 38.2 Å². The van der Waals surface area contributed by atoms with E-state index in [1.54, 1.807) is 0 Å². The highest BCUT2D eigenvalue weighted by molar-refractivity contribution is 9.09. The molecule has 78 valence electrons. The van der Waals surface area contributed by atoms with Crippen LogP contribution in [-0.4, -0.2) is 43.1 Å². The van der Waals surface area contributed by atoms with Crippen molar-refractivity contribution in [3.05, 3.63) is 0 Å². The maximum atomic E-state index is 5.34. The zero-order valence-electron chi connectivity index (χ0n) is 8.47. The van der Waals surface area contributed by atoms with Crippen LogP contribution in [0.2, 0.25) is 0 Å². The maximum absolute atomic E-state index is 5.34. The fourth-order valence-electron chi connectivity index (χ4n) is 1.84. The summed E-state index contributed by atoms with van der Waals surface area (Å²) in [6, 6.07) is 0. The summed E-state index contributed by atoms with van der Waals surface area (Å²) in [7, 11) is 0. The summed E-state index contributed by atoms with van der Waals surface area (Å²) in [4.78, 5) is 2.52. The summed E-state index contributed by atoms with van der Waals surface area (Å²) >= 11 is 3.50. The average Bonchev–Trinajstić information content (AvgIpc) is 2.54. The van der Waals surface area contributed by atoms with Crippen molar-refractivity contribution in [1.82, 2.24) is 4.90 Å². The number of likely N-dealkylation sites (tertiary alicyclic amines) is 1. The molecule has 1 saturated heterocycles. The van der Waals surface area contributed by atoms with E-state index in [9.17, 15) is 0 Å². The van der Waals surface area contributed by atoms with Gasteiger partial charge in [0, 0.05) is 25.0 Å². The predicted octanol–water partition coefficient (Wildman–Crippen LogP) is 2.13. The molecule has 0 saturated carbocycles. The van der Waals surface area contributed by atoms with Crippen molar-refractivity contribution in [3.8, 4) is 0 Å². The first-order valence-electron chi connectivity index (χ1n) is 5.23. The van der Waals surface area contributed by atoms with Gasteiger partial charge >= 0.3 is 0 Å². The molecular weight excluding hydrogens is 230 g/mol. The SMILES string of the molecule is CCOCCN1CCC(CCBr)C1. The van der Waals surface area contributed by atoms with E-state index in [4.69, 9.17) is 4.74 Å². The third-order valence-electron chi connectivity index (χ3n) is 2.64. The molecule has 0 spiro atoms. The van der Waals surface area contributed by atoms with Crippen LogP contribution in [0.4, 0.5) is 0 Å². The van der Waals surface area contributed by atoms with E-state index >= 15 is 0 Å². The number of alkyl halides is 1. The molecule has 0 bridgehead atoms. The molecule has 1 aliphatic rings. The fourth-order valence-corrected chi connectivity index (χ4v) is 2.49. The summed E-state index contributed by atoms with van der Waals surface area (Å²) in [6.07, 6.45) is 2.70. The minimum atomic E-state index is 0.846. The zero-order chi connectivity index (χ0) is 9.52. The van der Waals surface area contributed by atoms with Gasteiger partial charge in [0.25, 0.3) is 0 Å². The molecule has 0 aromatic carbocycles. The quantitative estimate of drug-likeness (QED) is 0.529. The van der Waals surface area contributed by atoms with Crippen LogP contribution in [0.3, 0.4) is 0 Å². The van der Waals surface area contributed by atoms with Gasteiger partial charge in [-0.25, -0.2) is 0 Å². The van der Waals surface area contributed by atoms with Gasteiger partial charge in [0.1, 0.15) is 0 Å². The second kappa shape index (κ2) is 6.80. The highest BCUT2D eigenvalue weighted by atomic mass is 79.9. The molecule has 1 fully saturated rings. The zero-order valence-corrected chi connectivity index (χ0v) is 10.1. The normalized spacial score (nSPS) is 24.0. The van der Waals surface area contributed by atoms with Gasteiger partial charge in [-0.05, 0) is 32.2 Å². The summed E-state index contributed by atoms with van der Waals surface area (Å²) in [5.74, 6) is 0.918. The van der Waals surface area contributed by atoms with E-state index < -0.39 is 0 Å². The van der Waals surface area contributed by atoms with Crippen molar-refractivity contribution >= 4 is 15.9 Å². The smallest absolute Gasteiger partial charge is 0.0593 e. The highest BCUT2D eigenvalue weighted by Crippen LogP contribution is 2.19. The summed E-state index contributed by atoms with van der Waals surface area (Å²) < 4.78 is 5.34. The lowest BCUT2D eigenvalue weighted by Crippen LogP contribution is -2.25. The van der Waals surface area contributed by atoms with Gasteiger partial charge in [-0.1, -0.05) is 15.9 Å². The number of rotatable bonds is 6. The third kappa shape index (κ3) is 4.43. The third-order valence-corrected chi connectivity index (χ3v) is 3.10. The van der Waals surface area contributed by atoms with Gasteiger partial charge in [0.2, 0.25) is 0 Å². The second-order valence-corrected chi connectivity index (χ2v) is 4.42. The minimum Gasteiger partial charge on any atom is -0.380 e. The first kappa shape index (κ1) is 11.5. The van der Waals surface area contributed by atoms with Gasteiger partial charge in [-0.2, -0.15) is 0 Å². The Morgan fingerprint density at radius 2 is 2.38 bits per heavy atom. The molecule has 0 radical (unpaired) electrons. The van der Waals surface area contributed by atoms with Gasteiger partial charge in [-0.3, -0.25) is 0 Å².